The summed E-state index contributed by atoms with van der Waals surface area (Å²) in [6, 6.07) is 14.3. The molecule has 0 saturated carbocycles. The van der Waals surface area contributed by atoms with Gasteiger partial charge in [0, 0.05) is 37.4 Å². The number of rotatable bonds is 2. The van der Waals surface area contributed by atoms with Gasteiger partial charge in [-0.3, -0.25) is 4.98 Å². The van der Waals surface area contributed by atoms with Crippen molar-refractivity contribution in [1.29, 1.82) is 0 Å². The summed E-state index contributed by atoms with van der Waals surface area (Å²) in [6.07, 6.45) is 3.73. The maximum absolute atomic E-state index is 4.73. The first-order chi connectivity index (χ1) is 10.9. The first-order valence-electron chi connectivity index (χ1n) is 7.52. The van der Waals surface area contributed by atoms with Crippen molar-refractivity contribution in [2.24, 2.45) is 0 Å². The molecule has 0 bridgehead atoms. The number of aromatic nitrogens is 3. The maximum Gasteiger partial charge on any atom is 0.226 e. The second kappa shape index (κ2) is 5.69. The molecule has 0 aliphatic carbocycles. The first kappa shape index (κ1) is 13.2. The fraction of sp³-hybridized carbons (Fsp3) is 0.235. The van der Waals surface area contributed by atoms with Crippen LogP contribution in [0.25, 0.3) is 10.9 Å². The fourth-order valence-corrected chi connectivity index (χ4v) is 2.88. The van der Waals surface area contributed by atoms with Crippen molar-refractivity contribution < 1.29 is 0 Å². The highest BCUT2D eigenvalue weighted by Gasteiger charge is 2.26. The predicted molar refractivity (Wildman–Crippen MR) is 86.7 cm³/mol. The molecule has 1 aliphatic heterocycles. The minimum atomic E-state index is 0.163. The highest BCUT2D eigenvalue weighted by atomic mass is 15.3. The van der Waals surface area contributed by atoms with Crippen molar-refractivity contribution in [2.45, 2.75) is 6.04 Å². The third-order valence-electron chi connectivity index (χ3n) is 4.01. The molecule has 1 fully saturated rings. The number of piperazine rings is 1. The summed E-state index contributed by atoms with van der Waals surface area (Å²) < 4.78 is 0. The van der Waals surface area contributed by atoms with Crippen LogP contribution in [0.1, 0.15) is 11.7 Å². The number of nitrogens with zero attached hydrogens (tertiary/aromatic N) is 4. The molecular formula is C17H17N5. The van der Waals surface area contributed by atoms with E-state index in [9.17, 15) is 0 Å². The van der Waals surface area contributed by atoms with Gasteiger partial charge < -0.3 is 10.2 Å². The Morgan fingerprint density at radius 3 is 2.86 bits per heavy atom. The lowest BCUT2D eigenvalue weighted by Crippen LogP contribution is -2.47. The van der Waals surface area contributed by atoms with Crippen molar-refractivity contribution >= 4 is 16.9 Å². The molecule has 1 N–H and O–H groups in total. The third-order valence-corrected chi connectivity index (χ3v) is 4.01. The Balaban J connectivity index is 1.74. The standard InChI is InChI=1S/C17H17N5/c1-2-6-14-13(5-1)11-20-17(21-14)22-10-9-18-12-16(22)15-7-3-4-8-19-15/h1-8,11,16,18H,9-10,12H2. The first-order valence-corrected chi connectivity index (χ1v) is 7.52. The molecule has 1 aromatic carbocycles. The molecule has 1 saturated heterocycles. The molecule has 2 aromatic heterocycles. The van der Waals surface area contributed by atoms with Crippen LogP contribution in [0, 0.1) is 0 Å². The number of hydrogen-bond acceptors (Lipinski definition) is 5. The van der Waals surface area contributed by atoms with Crippen LogP contribution >= 0.6 is 0 Å². The molecule has 3 heterocycles. The van der Waals surface area contributed by atoms with E-state index in [2.05, 4.69) is 26.3 Å². The molecule has 0 amide bonds. The zero-order chi connectivity index (χ0) is 14.8. The van der Waals surface area contributed by atoms with Crippen molar-refractivity contribution in [3.8, 4) is 0 Å². The van der Waals surface area contributed by atoms with Crippen molar-refractivity contribution in [2.75, 3.05) is 24.5 Å². The number of fused-ring (bicyclic) bond motifs is 1. The Morgan fingerprint density at radius 2 is 1.95 bits per heavy atom. The molecule has 5 nitrogen and oxygen atoms in total. The Morgan fingerprint density at radius 1 is 1.05 bits per heavy atom. The van der Waals surface area contributed by atoms with Gasteiger partial charge in [-0.2, -0.15) is 0 Å². The minimum absolute atomic E-state index is 0.163. The number of nitrogens with one attached hydrogen (secondary N) is 1. The molecule has 5 heteroatoms. The molecule has 3 aromatic rings. The monoisotopic (exact) mass is 291 g/mol. The minimum Gasteiger partial charge on any atom is -0.330 e. The van der Waals surface area contributed by atoms with Gasteiger partial charge in [0.05, 0.1) is 17.3 Å². The smallest absolute Gasteiger partial charge is 0.226 e. The second-order valence-corrected chi connectivity index (χ2v) is 5.40. The van der Waals surface area contributed by atoms with Gasteiger partial charge in [-0.05, 0) is 18.2 Å². The van der Waals surface area contributed by atoms with Crippen LogP contribution in [0.4, 0.5) is 5.95 Å². The topological polar surface area (TPSA) is 53.9 Å². The molecule has 4 rings (SSSR count). The number of anilines is 1. The van der Waals surface area contributed by atoms with E-state index in [4.69, 9.17) is 4.98 Å². The van der Waals surface area contributed by atoms with E-state index in [0.29, 0.717) is 0 Å². The van der Waals surface area contributed by atoms with Gasteiger partial charge in [-0.1, -0.05) is 24.3 Å². The fourth-order valence-electron chi connectivity index (χ4n) is 2.88. The van der Waals surface area contributed by atoms with Crippen molar-refractivity contribution in [3.05, 3.63) is 60.6 Å². The van der Waals surface area contributed by atoms with E-state index in [-0.39, 0.29) is 6.04 Å². The lowest BCUT2D eigenvalue weighted by Gasteiger charge is -2.35. The largest absolute Gasteiger partial charge is 0.330 e. The summed E-state index contributed by atoms with van der Waals surface area (Å²) >= 11 is 0. The van der Waals surface area contributed by atoms with Crippen LogP contribution in [-0.4, -0.2) is 34.6 Å². The van der Waals surface area contributed by atoms with Gasteiger partial charge in [-0.25, -0.2) is 9.97 Å². The van der Waals surface area contributed by atoms with Crippen LogP contribution < -0.4 is 10.2 Å². The van der Waals surface area contributed by atoms with Gasteiger partial charge >= 0.3 is 0 Å². The van der Waals surface area contributed by atoms with Crippen LogP contribution in [0.2, 0.25) is 0 Å². The Bertz CT molecular complexity index is 774. The lowest BCUT2D eigenvalue weighted by molar-refractivity contribution is 0.475. The van der Waals surface area contributed by atoms with Crippen LogP contribution in [-0.2, 0) is 0 Å². The summed E-state index contributed by atoms with van der Waals surface area (Å²) in [6.45, 7) is 2.66. The normalized spacial score (nSPS) is 18.5. The van der Waals surface area contributed by atoms with E-state index in [0.717, 1.165) is 42.2 Å². The summed E-state index contributed by atoms with van der Waals surface area (Å²) in [5.74, 6) is 0.774. The molecule has 110 valence electrons. The van der Waals surface area contributed by atoms with E-state index in [1.807, 2.05) is 48.8 Å². The van der Waals surface area contributed by atoms with Gasteiger partial charge in [0.2, 0.25) is 5.95 Å². The Kier molecular flexibility index (Phi) is 3.40. The molecular weight excluding hydrogens is 274 g/mol. The highest BCUT2D eigenvalue weighted by molar-refractivity contribution is 5.78. The lowest BCUT2D eigenvalue weighted by atomic mass is 10.1. The Hall–Kier alpha value is -2.53. The molecule has 1 atom stereocenters. The zero-order valence-electron chi connectivity index (χ0n) is 12.2. The van der Waals surface area contributed by atoms with Crippen LogP contribution in [0.5, 0.6) is 0 Å². The molecule has 1 aliphatic rings. The quantitative estimate of drug-likeness (QED) is 0.784. The van der Waals surface area contributed by atoms with Crippen molar-refractivity contribution in [1.82, 2.24) is 20.3 Å². The molecule has 0 radical (unpaired) electrons. The average Bonchev–Trinajstić information content (AvgIpc) is 2.62. The van der Waals surface area contributed by atoms with E-state index >= 15 is 0 Å². The number of para-hydroxylation sites is 1. The van der Waals surface area contributed by atoms with Gasteiger partial charge in [0.1, 0.15) is 0 Å². The van der Waals surface area contributed by atoms with Gasteiger partial charge in [-0.15, -0.1) is 0 Å². The number of benzene rings is 1. The SMILES string of the molecule is c1ccc(C2CNCCN2c2ncc3ccccc3n2)nc1. The predicted octanol–water partition coefficient (Wildman–Crippen LogP) is 2.18. The summed E-state index contributed by atoms with van der Waals surface area (Å²) in [5.41, 5.74) is 2.03. The third kappa shape index (κ3) is 2.40. The van der Waals surface area contributed by atoms with E-state index < -0.39 is 0 Å². The Labute approximate surface area is 129 Å². The maximum atomic E-state index is 4.73. The van der Waals surface area contributed by atoms with Gasteiger partial charge in [0.15, 0.2) is 0 Å². The highest BCUT2D eigenvalue weighted by Crippen LogP contribution is 2.25. The molecule has 1 unspecified atom stereocenters. The number of pyridine rings is 1. The number of hydrogen-bond donors (Lipinski definition) is 1. The van der Waals surface area contributed by atoms with E-state index in [1.54, 1.807) is 0 Å². The summed E-state index contributed by atoms with van der Waals surface area (Å²) in [5, 5.41) is 4.50. The molecule has 22 heavy (non-hydrogen) atoms. The zero-order valence-corrected chi connectivity index (χ0v) is 12.2. The molecule has 0 spiro atoms. The summed E-state index contributed by atoms with van der Waals surface area (Å²) in [4.78, 5) is 16.0. The average molecular weight is 291 g/mol. The summed E-state index contributed by atoms with van der Waals surface area (Å²) in [7, 11) is 0. The second-order valence-electron chi connectivity index (χ2n) is 5.40. The van der Waals surface area contributed by atoms with Gasteiger partial charge in [0.25, 0.3) is 0 Å². The van der Waals surface area contributed by atoms with Crippen LogP contribution in [0.3, 0.4) is 0 Å². The van der Waals surface area contributed by atoms with Crippen LogP contribution in [0.15, 0.2) is 54.9 Å². The van der Waals surface area contributed by atoms with E-state index in [1.165, 1.54) is 0 Å². The van der Waals surface area contributed by atoms with Crippen molar-refractivity contribution in [3.63, 3.8) is 0 Å².